The molecule has 0 bridgehead atoms. The Hall–Kier alpha value is -3.57. The molecule has 5 heterocycles. The van der Waals surface area contributed by atoms with Crippen LogP contribution in [0.3, 0.4) is 0 Å². The van der Waals surface area contributed by atoms with Crippen LogP contribution in [-0.4, -0.2) is 73.6 Å². The van der Waals surface area contributed by atoms with Gasteiger partial charge in [0.25, 0.3) is 5.91 Å². The fraction of sp³-hybridized carbons (Fsp3) is 0.531. The Balaban J connectivity index is 1.36. The zero-order valence-electron chi connectivity index (χ0n) is 26.5. The molecule has 2 aromatic heterocycles. The second-order valence-electron chi connectivity index (χ2n) is 13.8. The molecule has 1 fully saturated rings. The number of hydrogen-bond acceptors (Lipinski definition) is 6. The number of aryl methyl sites for hydroxylation is 1. The van der Waals surface area contributed by atoms with Gasteiger partial charge in [-0.05, 0) is 85.6 Å². The number of nitrogens with one attached hydrogen (secondary N) is 1. The van der Waals surface area contributed by atoms with Gasteiger partial charge >= 0.3 is 13.2 Å². The number of aromatic amines is 1. The van der Waals surface area contributed by atoms with Gasteiger partial charge in [0.1, 0.15) is 5.60 Å². The van der Waals surface area contributed by atoms with Gasteiger partial charge in [0, 0.05) is 52.8 Å². The van der Waals surface area contributed by atoms with Crippen molar-refractivity contribution in [3.63, 3.8) is 0 Å². The van der Waals surface area contributed by atoms with Crippen molar-refractivity contribution in [1.82, 2.24) is 24.6 Å². The highest BCUT2D eigenvalue weighted by Crippen LogP contribution is 2.38. The maximum absolute atomic E-state index is 14.0. The van der Waals surface area contributed by atoms with E-state index in [1.807, 2.05) is 76.4 Å². The molecule has 3 aromatic rings. The molecule has 10 nitrogen and oxygen atoms in total. The third-order valence-electron chi connectivity index (χ3n) is 8.99. The van der Waals surface area contributed by atoms with Gasteiger partial charge in [-0.3, -0.25) is 9.48 Å². The molecule has 0 unspecified atom stereocenters. The van der Waals surface area contributed by atoms with E-state index in [2.05, 4.69) is 29.1 Å². The molecule has 43 heavy (non-hydrogen) atoms. The molecule has 0 saturated carbocycles. The number of amides is 2. The Morgan fingerprint density at radius 2 is 1.77 bits per heavy atom. The zero-order chi connectivity index (χ0) is 30.9. The van der Waals surface area contributed by atoms with E-state index in [-0.39, 0.29) is 12.0 Å². The lowest BCUT2D eigenvalue weighted by atomic mass is 9.77. The van der Waals surface area contributed by atoms with E-state index >= 15 is 0 Å². The average Bonchev–Trinajstić information content (AvgIpc) is 3.68. The molecule has 1 aromatic carbocycles. The number of benzene rings is 1. The van der Waals surface area contributed by atoms with E-state index in [9.17, 15) is 9.59 Å². The normalized spacial score (nSPS) is 19.6. The third kappa shape index (κ3) is 5.37. The minimum absolute atomic E-state index is 0.0470. The molecule has 2 amide bonds. The van der Waals surface area contributed by atoms with Gasteiger partial charge in [-0.25, -0.2) is 4.79 Å². The molecule has 0 radical (unpaired) electrons. The summed E-state index contributed by atoms with van der Waals surface area (Å²) in [6, 6.07) is 5.90. The Morgan fingerprint density at radius 1 is 1.05 bits per heavy atom. The van der Waals surface area contributed by atoms with Crippen molar-refractivity contribution in [3.05, 3.63) is 53.0 Å². The largest absolute Gasteiger partial charge is 0.497 e. The summed E-state index contributed by atoms with van der Waals surface area (Å²) >= 11 is 0. The molecule has 0 spiro atoms. The predicted molar refractivity (Wildman–Crippen MR) is 166 cm³/mol. The number of carbonyl (C=O) groups excluding carboxylic acids is 2. The maximum atomic E-state index is 14.0. The highest BCUT2D eigenvalue weighted by molar-refractivity contribution is 6.65. The number of aromatic nitrogens is 3. The number of nitrogens with zero attached hydrogens (tertiary/aromatic N) is 4. The first-order valence-corrected chi connectivity index (χ1v) is 15.2. The second-order valence-corrected chi connectivity index (χ2v) is 13.8. The summed E-state index contributed by atoms with van der Waals surface area (Å²) in [7, 11) is -0.658. The molecule has 228 valence electrons. The Morgan fingerprint density at radius 3 is 2.44 bits per heavy atom. The molecule has 6 rings (SSSR count). The maximum Gasteiger partial charge on any atom is 0.497 e. The monoisotopic (exact) mass is 587 g/mol. The summed E-state index contributed by atoms with van der Waals surface area (Å²) in [5, 5.41) is 5.33. The molecule has 1 saturated heterocycles. The molecular weight excluding hydrogens is 545 g/mol. The minimum Gasteiger partial charge on any atom is -0.444 e. The van der Waals surface area contributed by atoms with E-state index in [1.54, 1.807) is 4.90 Å². The fourth-order valence-corrected chi connectivity index (χ4v) is 5.95. The Bertz CT molecular complexity index is 1610. The standard InChI is InChI=1S/C32H42BN5O5/c1-9-38-26-19-37(18-23(26)16-34-38)28(39)22-13-21-15-25(20-11-10-12-36(17-20)29(40)41-30(2,3)4)35-27(21)24(14-22)33-42-31(5,6)32(7,8)43-33/h11,13-16,35H,9-10,12,17-19H2,1-8H3. The van der Waals surface area contributed by atoms with Crippen LogP contribution in [-0.2, 0) is 33.7 Å². The van der Waals surface area contributed by atoms with Gasteiger partial charge in [-0.1, -0.05) is 6.08 Å². The van der Waals surface area contributed by atoms with Crippen molar-refractivity contribution in [2.75, 3.05) is 13.1 Å². The fourth-order valence-electron chi connectivity index (χ4n) is 5.95. The first-order valence-electron chi connectivity index (χ1n) is 15.2. The van der Waals surface area contributed by atoms with Gasteiger partial charge < -0.3 is 28.8 Å². The van der Waals surface area contributed by atoms with Crippen LogP contribution in [0.15, 0.2) is 30.5 Å². The Kier molecular flexibility index (Phi) is 7.04. The smallest absolute Gasteiger partial charge is 0.444 e. The van der Waals surface area contributed by atoms with E-state index in [4.69, 9.17) is 14.0 Å². The van der Waals surface area contributed by atoms with Crippen LogP contribution in [0.25, 0.3) is 16.5 Å². The number of H-pyrrole nitrogens is 1. The summed E-state index contributed by atoms with van der Waals surface area (Å²) in [6.07, 6.45) is 4.42. The first-order chi connectivity index (χ1) is 20.2. The zero-order valence-corrected chi connectivity index (χ0v) is 26.5. The van der Waals surface area contributed by atoms with Crippen LogP contribution in [0.1, 0.15) is 89.1 Å². The lowest BCUT2D eigenvalue weighted by Gasteiger charge is -2.32. The van der Waals surface area contributed by atoms with Crippen molar-refractivity contribution >= 4 is 41.1 Å². The van der Waals surface area contributed by atoms with Crippen LogP contribution in [0.4, 0.5) is 4.79 Å². The number of carbonyl (C=O) groups is 2. The summed E-state index contributed by atoms with van der Waals surface area (Å²) in [6.45, 7) is 18.6. The van der Waals surface area contributed by atoms with E-state index in [0.717, 1.165) is 51.9 Å². The quantitative estimate of drug-likeness (QED) is 0.438. The minimum atomic E-state index is -0.658. The van der Waals surface area contributed by atoms with Crippen molar-refractivity contribution < 1.29 is 23.6 Å². The summed E-state index contributed by atoms with van der Waals surface area (Å²) in [5.41, 5.74) is 4.64. The SMILES string of the molecule is CCn1ncc2c1CN(C(=O)c1cc(B3OC(C)(C)C(C)(C)O3)c3[nH]c(C4=CCCN(C(=O)OC(C)(C)C)C4)cc3c1)C2. The number of ether oxygens (including phenoxy) is 1. The molecule has 0 aliphatic carbocycles. The van der Waals surface area contributed by atoms with Crippen LogP contribution in [0.2, 0.25) is 0 Å². The average molecular weight is 588 g/mol. The van der Waals surface area contributed by atoms with Crippen molar-refractivity contribution in [2.24, 2.45) is 0 Å². The van der Waals surface area contributed by atoms with Crippen molar-refractivity contribution in [3.8, 4) is 0 Å². The predicted octanol–water partition coefficient (Wildman–Crippen LogP) is 4.86. The number of rotatable bonds is 4. The molecule has 11 heteroatoms. The van der Waals surface area contributed by atoms with Gasteiger partial charge in [0.2, 0.25) is 0 Å². The highest BCUT2D eigenvalue weighted by atomic mass is 16.7. The summed E-state index contributed by atoms with van der Waals surface area (Å²) in [5.74, 6) is -0.0470. The number of hydrogen-bond donors (Lipinski definition) is 1. The molecule has 0 atom stereocenters. The number of fused-ring (bicyclic) bond motifs is 2. The van der Waals surface area contributed by atoms with Gasteiger partial charge in [-0.15, -0.1) is 0 Å². The van der Waals surface area contributed by atoms with Crippen LogP contribution >= 0.6 is 0 Å². The Labute approximate surface area is 253 Å². The highest BCUT2D eigenvalue weighted by Gasteiger charge is 2.52. The first kappa shape index (κ1) is 29.5. The van der Waals surface area contributed by atoms with Crippen LogP contribution in [0.5, 0.6) is 0 Å². The van der Waals surface area contributed by atoms with Gasteiger partial charge in [-0.2, -0.15) is 5.10 Å². The lowest BCUT2D eigenvalue weighted by molar-refractivity contribution is 0.00578. The van der Waals surface area contributed by atoms with E-state index in [0.29, 0.717) is 31.7 Å². The molecule has 3 aliphatic heterocycles. The van der Waals surface area contributed by atoms with Crippen LogP contribution in [0, 0.1) is 0 Å². The summed E-state index contributed by atoms with van der Waals surface area (Å²) < 4.78 is 20.5. The van der Waals surface area contributed by atoms with Gasteiger partial charge in [0.15, 0.2) is 0 Å². The molecule has 1 N–H and O–H groups in total. The summed E-state index contributed by atoms with van der Waals surface area (Å²) in [4.78, 5) is 34.0. The lowest BCUT2D eigenvalue weighted by Crippen LogP contribution is -2.41. The third-order valence-corrected chi connectivity index (χ3v) is 8.99. The molecular formula is C32H42BN5O5. The topological polar surface area (TPSA) is 102 Å². The van der Waals surface area contributed by atoms with E-state index in [1.165, 1.54) is 0 Å². The van der Waals surface area contributed by atoms with Gasteiger partial charge in [0.05, 0.1) is 36.2 Å². The van der Waals surface area contributed by atoms with Crippen molar-refractivity contribution in [1.29, 1.82) is 0 Å². The second kappa shape index (κ2) is 10.3. The molecule has 3 aliphatic rings. The van der Waals surface area contributed by atoms with Crippen molar-refractivity contribution in [2.45, 2.75) is 98.2 Å². The van der Waals surface area contributed by atoms with Crippen LogP contribution < -0.4 is 5.46 Å². The van der Waals surface area contributed by atoms with E-state index < -0.39 is 23.9 Å².